The van der Waals surface area contributed by atoms with E-state index in [0.29, 0.717) is 5.56 Å². The average molecular weight is 399 g/mol. The van der Waals surface area contributed by atoms with Crippen LogP contribution in [0.4, 0.5) is 0 Å². The molecule has 1 saturated heterocycles. The molecule has 1 unspecified atom stereocenters. The molecule has 3 aromatic rings. The molecule has 1 aliphatic heterocycles. The molecule has 0 bridgehead atoms. The van der Waals surface area contributed by atoms with E-state index in [0.717, 1.165) is 59.9 Å². The van der Waals surface area contributed by atoms with Gasteiger partial charge in [-0.1, -0.05) is 6.92 Å². The van der Waals surface area contributed by atoms with Crippen LogP contribution >= 0.6 is 11.3 Å². The number of hydrogen-bond acceptors (Lipinski definition) is 5. The number of aromatic carboxylic acids is 1. The zero-order valence-electron chi connectivity index (χ0n) is 16.6. The predicted molar refractivity (Wildman–Crippen MR) is 112 cm³/mol. The average Bonchev–Trinajstić information content (AvgIpc) is 3.36. The molecular formula is C21H26N4O2S. The van der Waals surface area contributed by atoms with E-state index >= 15 is 0 Å². The van der Waals surface area contributed by atoms with Crippen molar-refractivity contribution in [3.8, 4) is 10.4 Å². The fourth-order valence-corrected chi connectivity index (χ4v) is 4.85. The van der Waals surface area contributed by atoms with Crippen LogP contribution < -0.4 is 0 Å². The zero-order chi connectivity index (χ0) is 19.8. The minimum Gasteiger partial charge on any atom is -0.478 e. The van der Waals surface area contributed by atoms with Crippen molar-refractivity contribution in [3.63, 3.8) is 0 Å². The lowest BCUT2D eigenvalue weighted by Crippen LogP contribution is -2.47. The lowest BCUT2D eigenvalue weighted by atomic mass is 10.0. The first-order chi connectivity index (χ1) is 13.5. The third kappa shape index (κ3) is 3.34. The van der Waals surface area contributed by atoms with E-state index in [1.165, 1.54) is 0 Å². The number of fused-ring (bicyclic) bond motifs is 1. The Morgan fingerprint density at radius 1 is 1.29 bits per heavy atom. The van der Waals surface area contributed by atoms with Crippen LogP contribution in [0.5, 0.6) is 0 Å². The quantitative estimate of drug-likeness (QED) is 0.709. The van der Waals surface area contributed by atoms with Crippen LogP contribution in [0.2, 0.25) is 0 Å². The van der Waals surface area contributed by atoms with Gasteiger partial charge >= 0.3 is 5.97 Å². The van der Waals surface area contributed by atoms with Gasteiger partial charge in [-0.15, -0.1) is 11.3 Å². The maximum absolute atomic E-state index is 11.9. The summed E-state index contributed by atoms with van der Waals surface area (Å²) in [5.41, 5.74) is 6.11. The third-order valence-electron chi connectivity index (χ3n) is 5.93. The second kappa shape index (κ2) is 7.66. The topological polar surface area (TPSA) is 61.1 Å². The molecule has 1 aliphatic rings. The lowest BCUT2D eigenvalue weighted by Gasteiger charge is -2.38. The molecule has 4 heterocycles. The highest BCUT2D eigenvalue weighted by atomic mass is 32.1. The van der Waals surface area contributed by atoms with Crippen LogP contribution in [0.1, 0.15) is 41.5 Å². The molecule has 3 aromatic heterocycles. The summed E-state index contributed by atoms with van der Waals surface area (Å²) in [5.74, 6) is -0.871. The molecule has 1 atom stereocenters. The van der Waals surface area contributed by atoms with Crippen LogP contribution in [0.3, 0.4) is 0 Å². The molecule has 0 saturated carbocycles. The van der Waals surface area contributed by atoms with Gasteiger partial charge in [-0.05, 0) is 38.1 Å². The van der Waals surface area contributed by atoms with Crippen molar-refractivity contribution in [1.82, 2.24) is 19.2 Å². The summed E-state index contributed by atoms with van der Waals surface area (Å²) in [6, 6.07) is 3.99. The van der Waals surface area contributed by atoms with Gasteiger partial charge in [-0.2, -0.15) is 0 Å². The molecule has 0 aromatic carbocycles. The van der Waals surface area contributed by atoms with Crippen molar-refractivity contribution in [2.75, 3.05) is 32.7 Å². The van der Waals surface area contributed by atoms with E-state index in [2.05, 4.69) is 45.3 Å². The van der Waals surface area contributed by atoms with Crippen molar-refractivity contribution in [2.24, 2.45) is 0 Å². The molecule has 0 amide bonds. The minimum absolute atomic E-state index is 0.141. The van der Waals surface area contributed by atoms with E-state index in [1.54, 1.807) is 17.4 Å². The maximum atomic E-state index is 11.9. The Balaban J connectivity index is 1.80. The first-order valence-electron chi connectivity index (χ1n) is 9.73. The van der Waals surface area contributed by atoms with Crippen molar-refractivity contribution < 1.29 is 9.90 Å². The van der Waals surface area contributed by atoms with Crippen molar-refractivity contribution in [3.05, 3.63) is 46.9 Å². The molecule has 6 nitrogen and oxygen atoms in total. The van der Waals surface area contributed by atoms with Gasteiger partial charge in [0, 0.05) is 61.4 Å². The van der Waals surface area contributed by atoms with Gasteiger partial charge < -0.3 is 14.4 Å². The molecule has 148 valence electrons. The number of likely N-dealkylation sites (N-methyl/N-ethyl adjacent to an activating group) is 1. The highest BCUT2D eigenvalue weighted by molar-refractivity contribution is 7.13. The van der Waals surface area contributed by atoms with E-state index in [4.69, 9.17) is 0 Å². The molecule has 0 radical (unpaired) electrons. The summed E-state index contributed by atoms with van der Waals surface area (Å²) in [6.07, 6.45) is 3.98. The molecule has 0 spiro atoms. The first-order valence-corrected chi connectivity index (χ1v) is 10.6. The number of piperazine rings is 1. The molecule has 1 fully saturated rings. The second-order valence-corrected chi connectivity index (χ2v) is 8.30. The number of rotatable bonds is 5. The standard InChI is InChI=1S/C21H26N4O2S/c1-4-23-5-7-24(8-6-23)15(3)20-14(2)18(21(26)27)10-17-9-16(12-25(17)20)19-11-22-13-28-19/h9-13,15H,4-8H2,1-3H3,(H,26,27). The summed E-state index contributed by atoms with van der Waals surface area (Å²) >= 11 is 1.59. The van der Waals surface area contributed by atoms with Crippen LogP contribution in [0, 0.1) is 6.92 Å². The Morgan fingerprint density at radius 2 is 2.04 bits per heavy atom. The Kier molecular flexibility index (Phi) is 5.23. The van der Waals surface area contributed by atoms with Gasteiger partial charge in [0.2, 0.25) is 0 Å². The summed E-state index contributed by atoms with van der Waals surface area (Å²) in [5, 5.41) is 9.76. The van der Waals surface area contributed by atoms with Gasteiger partial charge in [0.05, 0.1) is 16.0 Å². The zero-order valence-corrected chi connectivity index (χ0v) is 17.4. The van der Waals surface area contributed by atoms with E-state index in [1.807, 2.05) is 18.6 Å². The number of nitrogens with zero attached hydrogens (tertiary/aromatic N) is 4. The molecule has 0 aliphatic carbocycles. The third-order valence-corrected chi connectivity index (χ3v) is 6.76. The molecule has 28 heavy (non-hydrogen) atoms. The molecule has 1 N–H and O–H groups in total. The number of pyridine rings is 1. The van der Waals surface area contributed by atoms with Gasteiger partial charge in [0.25, 0.3) is 0 Å². The Hall–Kier alpha value is -2.22. The fraction of sp³-hybridized carbons (Fsp3) is 0.429. The van der Waals surface area contributed by atoms with Crippen LogP contribution in [0.25, 0.3) is 16.0 Å². The minimum atomic E-state index is -0.871. The summed E-state index contributed by atoms with van der Waals surface area (Å²) in [4.78, 5) is 22.1. The maximum Gasteiger partial charge on any atom is 0.336 e. The largest absolute Gasteiger partial charge is 0.478 e. The van der Waals surface area contributed by atoms with Crippen molar-refractivity contribution in [2.45, 2.75) is 26.8 Å². The fourth-order valence-electron chi connectivity index (χ4n) is 4.24. The van der Waals surface area contributed by atoms with Crippen molar-refractivity contribution in [1.29, 1.82) is 0 Å². The van der Waals surface area contributed by atoms with Crippen LogP contribution in [0.15, 0.2) is 30.0 Å². The van der Waals surface area contributed by atoms with Gasteiger partial charge in [0.15, 0.2) is 0 Å². The number of carboxylic acid groups (broad SMARTS) is 1. The smallest absolute Gasteiger partial charge is 0.336 e. The predicted octanol–water partition coefficient (Wildman–Crippen LogP) is 3.77. The normalized spacial score (nSPS) is 17.2. The SMILES string of the molecule is CCN1CCN(C(C)c2c(C)c(C(=O)O)cc3cc(-c4cncs4)cn23)CC1. The molecule has 7 heteroatoms. The van der Waals surface area contributed by atoms with Gasteiger partial charge in [0.1, 0.15) is 0 Å². The number of carbonyl (C=O) groups is 1. The highest BCUT2D eigenvalue weighted by Gasteiger charge is 2.26. The van der Waals surface area contributed by atoms with Crippen molar-refractivity contribution >= 4 is 22.8 Å². The monoisotopic (exact) mass is 398 g/mol. The lowest BCUT2D eigenvalue weighted by molar-refractivity contribution is 0.0695. The Labute approximate surface area is 169 Å². The van der Waals surface area contributed by atoms with E-state index in [9.17, 15) is 9.90 Å². The number of carboxylic acids is 1. The van der Waals surface area contributed by atoms with E-state index in [-0.39, 0.29) is 6.04 Å². The summed E-state index contributed by atoms with van der Waals surface area (Å²) < 4.78 is 2.17. The molecule has 4 rings (SSSR count). The first kappa shape index (κ1) is 19.1. The number of aromatic nitrogens is 2. The van der Waals surface area contributed by atoms with E-state index < -0.39 is 5.97 Å². The van der Waals surface area contributed by atoms with Gasteiger partial charge in [-0.25, -0.2) is 4.79 Å². The Bertz CT molecular complexity index is 988. The van der Waals surface area contributed by atoms with Crippen LogP contribution in [-0.2, 0) is 0 Å². The summed E-state index contributed by atoms with van der Waals surface area (Å²) in [7, 11) is 0. The number of thiazole rings is 1. The highest BCUT2D eigenvalue weighted by Crippen LogP contribution is 2.33. The van der Waals surface area contributed by atoms with Crippen LogP contribution in [-0.4, -0.2) is 63.0 Å². The second-order valence-electron chi connectivity index (χ2n) is 7.41. The Morgan fingerprint density at radius 3 is 2.64 bits per heavy atom. The molecular weight excluding hydrogens is 372 g/mol. The summed E-state index contributed by atoms with van der Waals surface area (Å²) in [6.45, 7) is 11.5. The number of hydrogen-bond donors (Lipinski definition) is 1. The van der Waals surface area contributed by atoms with Gasteiger partial charge in [-0.3, -0.25) is 9.88 Å².